The number of thioether (sulfide) groups is 1. The van der Waals surface area contributed by atoms with E-state index in [1.165, 1.54) is 18.9 Å². The number of rotatable bonds is 7. The third kappa shape index (κ3) is 5.16. The minimum Gasteiger partial charge on any atom is -0.493 e. The van der Waals surface area contributed by atoms with E-state index >= 15 is 0 Å². The van der Waals surface area contributed by atoms with Crippen LogP contribution in [0, 0.1) is 6.92 Å². The van der Waals surface area contributed by atoms with Crippen LogP contribution in [-0.2, 0) is 9.63 Å². The van der Waals surface area contributed by atoms with E-state index in [1.54, 1.807) is 32.2 Å². The highest BCUT2D eigenvalue weighted by atomic mass is 32.2. The molecule has 1 atom stereocenters. The molecule has 0 spiro atoms. The minimum atomic E-state index is -0.473. The molecule has 6 nitrogen and oxygen atoms in total. The Hall–Kier alpha value is -2.67. The summed E-state index contributed by atoms with van der Waals surface area (Å²) in [5.74, 6) is 0.688. The van der Waals surface area contributed by atoms with Gasteiger partial charge < -0.3 is 20.0 Å². The third-order valence-corrected chi connectivity index (χ3v) is 4.67. The van der Waals surface area contributed by atoms with E-state index in [-0.39, 0.29) is 5.84 Å². The van der Waals surface area contributed by atoms with Crippen molar-refractivity contribution < 1.29 is 19.1 Å². The second kappa shape index (κ2) is 9.15. The van der Waals surface area contributed by atoms with Crippen molar-refractivity contribution in [2.24, 2.45) is 10.9 Å². The van der Waals surface area contributed by atoms with Gasteiger partial charge in [-0.25, -0.2) is 4.79 Å². The molecule has 0 saturated heterocycles. The zero-order valence-electron chi connectivity index (χ0n) is 15.2. The molecule has 2 N–H and O–H groups in total. The lowest BCUT2D eigenvalue weighted by molar-refractivity contribution is -0.142. The maximum absolute atomic E-state index is 12.1. The van der Waals surface area contributed by atoms with E-state index in [0.717, 1.165) is 10.5 Å². The predicted molar refractivity (Wildman–Crippen MR) is 103 cm³/mol. The van der Waals surface area contributed by atoms with Crippen molar-refractivity contribution in [2.45, 2.75) is 24.0 Å². The van der Waals surface area contributed by atoms with Gasteiger partial charge in [-0.15, -0.1) is 11.8 Å². The van der Waals surface area contributed by atoms with Crippen LogP contribution in [-0.4, -0.2) is 31.3 Å². The minimum absolute atomic E-state index is 0.0758. The van der Waals surface area contributed by atoms with Gasteiger partial charge in [-0.05, 0) is 44.2 Å². The molecule has 26 heavy (non-hydrogen) atoms. The number of carbonyl (C=O) groups excluding carboxylic acids is 1. The van der Waals surface area contributed by atoms with Crippen molar-refractivity contribution in [2.75, 3.05) is 14.2 Å². The lowest BCUT2D eigenvalue weighted by Crippen LogP contribution is -2.19. The standard InChI is InChI=1S/C19H22N2O4S/c1-12-5-8-15(9-6-12)26-13(2)19(22)25-21-18(20)14-7-10-16(23-3)17(11-14)24-4/h5-11,13H,1-4H3,(H2,20,21)/t13-/m1/s1. The van der Waals surface area contributed by atoms with Crippen LogP contribution in [0.3, 0.4) is 0 Å². The van der Waals surface area contributed by atoms with Crippen LogP contribution in [0.25, 0.3) is 0 Å². The van der Waals surface area contributed by atoms with Crippen molar-refractivity contribution in [3.63, 3.8) is 0 Å². The summed E-state index contributed by atoms with van der Waals surface area (Å²) >= 11 is 1.40. The number of nitrogens with zero attached hydrogens (tertiary/aromatic N) is 1. The Labute approximate surface area is 157 Å². The molecule has 0 aliphatic carbocycles. The number of methoxy groups -OCH3 is 2. The van der Waals surface area contributed by atoms with Gasteiger partial charge in [0.1, 0.15) is 5.25 Å². The molecule has 0 aliphatic rings. The fourth-order valence-electron chi connectivity index (χ4n) is 2.09. The molecule has 138 valence electrons. The number of amidine groups is 1. The van der Waals surface area contributed by atoms with Crippen LogP contribution >= 0.6 is 11.8 Å². The van der Waals surface area contributed by atoms with Gasteiger partial charge in [0.2, 0.25) is 0 Å². The fraction of sp³-hybridized carbons (Fsp3) is 0.263. The van der Waals surface area contributed by atoms with E-state index in [4.69, 9.17) is 20.0 Å². The number of benzene rings is 2. The molecular formula is C19H22N2O4S. The molecule has 0 fully saturated rings. The van der Waals surface area contributed by atoms with Gasteiger partial charge >= 0.3 is 5.97 Å². The average molecular weight is 374 g/mol. The number of aryl methyl sites for hydroxylation is 1. The first-order valence-electron chi connectivity index (χ1n) is 7.94. The Morgan fingerprint density at radius 2 is 1.73 bits per heavy atom. The van der Waals surface area contributed by atoms with Crippen LogP contribution in [0.15, 0.2) is 52.5 Å². The summed E-state index contributed by atoms with van der Waals surface area (Å²) in [6.07, 6.45) is 0. The van der Waals surface area contributed by atoms with Crippen molar-refractivity contribution in [1.29, 1.82) is 0 Å². The first-order chi connectivity index (χ1) is 12.4. The molecule has 0 heterocycles. The summed E-state index contributed by atoms with van der Waals surface area (Å²) in [7, 11) is 3.07. The normalized spacial score (nSPS) is 12.4. The fourth-order valence-corrected chi connectivity index (χ4v) is 2.93. The third-order valence-electron chi connectivity index (χ3n) is 3.58. The molecule has 2 aromatic rings. The van der Waals surface area contributed by atoms with Crippen molar-refractivity contribution in [3.8, 4) is 11.5 Å². The second-order valence-electron chi connectivity index (χ2n) is 5.53. The Morgan fingerprint density at radius 1 is 1.08 bits per heavy atom. The molecule has 0 aromatic heterocycles. The molecule has 0 unspecified atom stereocenters. The zero-order chi connectivity index (χ0) is 19.1. The predicted octanol–water partition coefficient (Wildman–Crippen LogP) is 3.36. The summed E-state index contributed by atoms with van der Waals surface area (Å²) in [5, 5.41) is 3.32. The van der Waals surface area contributed by atoms with Gasteiger partial charge in [0.25, 0.3) is 0 Å². The first kappa shape index (κ1) is 19.7. The number of hydrogen-bond donors (Lipinski definition) is 1. The summed E-state index contributed by atoms with van der Waals surface area (Å²) < 4.78 is 10.4. The molecule has 0 bridgehead atoms. The second-order valence-corrected chi connectivity index (χ2v) is 6.94. The molecule has 2 rings (SSSR count). The number of nitrogens with two attached hydrogens (primary N) is 1. The van der Waals surface area contributed by atoms with Gasteiger partial charge in [-0.1, -0.05) is 22.9 Å². The Bertz CT molecular complexity index is 791. The Kier molecular flexibility index (Phi) is 6.91. The van der Waals surface area contributed by atoms with Crippen LogP contribution in [0.5, 0.6) is 11.5 Å². The highest BCUT2D eigenvalue weighted by Crippen LogP contribution is 2.27. The lowest BCUT2D eigenvalue weighted by atomic mass is 10.2. The van der Waals surface area contributed by atoms with Gasteiger partial charge in [0.05, 0.1) is 14.2 Å². The summed E-state index contributed by atoms with van der Waals surface area (Å²) in [6.45, 7) is 3.77. The number of hydrogen-bond acceptors (Lipinski definition) is 6. The largest absolute Gasteiger partial charge is 0.493 e. The number of carbonyl (C=O) groups is 1. The van der Waals surface area contributed by atoms with E-state index in [0.29, 0.717) is 17.1 Å². The van der Waals surface area contributed by atoms with Crippen molar-refractivity contribution in [3.05, 3.63) is 53.6 Å². The molecule has 0 aliphatic heterocycles. The van der Waals surface area contributed by atoms with Crippen molar-refractivity contribution in [1.82, 2.24) is 0 Å². The molecule has 0 amide bonds. The molecule has 2 aromatic carbocycles. The maximum atomic E-state index is 12.1. The van der Waals surface area contributed by atoms with E-state index in [9.17, 15) is 4.79 Å². The number of oxime groups is 1. The smallest absolute Gasteiger partial charge is 0.348 e. The van der Waals surface area contributed by atoms with Gasteiger partial charge in [-0.3, -0.25) is 0 Å². The number of ether oxygens (including phenoxy) is 2. The highest BCUT2D eigenvalue weighted by Gasteiger charge is 2.17. The topological polar surface area (TPSA) is 83.1 Å². The molecule has 0 saturated carbocycles. The summed E-state index contributed by atoms with van der Waals surface area (Å²) in [6, 6.07) is 13.0. The van der Waals surface area contributed by atoms with Gasteiger partial charge in [0, 0.05) is 10.5 Å². The Morgan fingerprint density at radius 3 is 2.35 bits per heavy atom. The lowest BCUT2D eigenvalue weighted by Gasteiger charge is -2.10. The van der Waals surface area contributed by atoms with E-state index < -0.39 is 11.2 Å². The first-order valence-corrected chi connectivity index (χ1v) is 8.82. The summed E-state index contributed by atoms with van der Waals surface area (Å²) in [5.41, 5.74) is 7.63. The van der Waals surface area contributed by atoms with Crippen LogP contribution in [0.4, 0.5) is 0 Å². The zero-order valence-corrected chi connectivity index (χ0v) is 16.0. The van der Waals surface area contributed by atoms with Gasteiger partial charge in [0.15, 0.2) is 17.3 Å². The SMILES string of the molecule is COc1ccc(/C(N)=N\OC(=O)[C@@H](C)Sc2ccc(C)cc2)cc1OC. The molecule has 0 radical (unpaired) electrons. The summed E-state index contributed by atoms with van der Waals surface area (Å²) in [4.78, 5) is 18.1. The van der Waals surface area contributed by atoms with Gasteiger partial charge in [-0.2, -0.15) is 0 Å². The Balaban J connectivity index is 2.00. The molecule has 7 heteroatoms. The van der Waals surface area contributed by atoms with E-state index in [1.807, 2.05) is 31.2 Å². The van der Waals surface area contributed by atoms with E-state index in [2.05, 4.69) is 5.16 Å². The average Bonchev–Trinajstić information content (AvgIpc) is 2.66. The monoisotopic (exact) mass is 374 g/mol. The van der Waals surface area contributed by atoms with Crippen LogP contribution < -0.4 is 15.2 Å². The van der Waals surface area contributed by atoms with Crippen molar-refractivity contribution >= 4 is 23.6 Å². The van der Waals surface area contributed by atoms with Crippen LogP contribution in [0.2, 0.25) is 0 Å². The van der Waals surface area contributed by atoms with Crippen LogP contribution in [0.1, 0.15) is 18.1 Å². The molecular weight excluding hydrogens is 352 g/mol. The quantitative estimate of drug-likeness (QED) is 0.263. The maximum Gasteiger partial charge on any atom is 0.348 e. The highest BCUT2D eigenvalue weighted by molar-refractivity contribution is 8.00.